The number of anilines is 1. The van der Waals surface area contributed by atoms with E-state index in [1.54, 1.807) is 12.1 Å². The van der Waals surface area contributed by atoms with Crippen LogP contribution < -0.4 is 10.5 Å². The minimum absolute atomic E-state index is 0.151. The Balaban J connectivity index is 2.35. The van der Waals surface area contributed by atoms with Crippen LogP contribution in [0.25, 0.3) is 0 Å². The monoisotopic (exact) mass is 269 g/mol. The summed E-state index contributed by atoms with van der Waals surface area (Å²) in [5, 5.41) is 0.636. The molecule has 0 spiro atoms. The fourth-order valence-corrected chi connectivity index (χ4v) is 1.63. The zero-order valence-electron chi connectivity index (χ0n) is 8.95. The number of nitrogens with zero attached hydrogens (tertiary/aromatic N) is 2. The lowest BCUT2D eigenvalue weighted by molar-refractivity contribution is 0.464. The Kier molecular flexibility index (Phi) is 3.36. The molecule has 1 aromatic carbocycles. The Hall–Kier alpha value is -1.52. The lowest BCUT2D eigenvalue weighted by Crippen LogP contribution is -1.97. The van der Waals surface area contributed by atoms with Crippen molar-refractivity contribution in [3.8, 4) is 11.6 Å². The first-order valence-electron chi connectivity index (χ1n) is 4.78. The molecular weight excluding hydrogens is 261 g/mol. The van der Waals surface area contributed by atoms with Crippen LogP contribution in [0, 0.1) is 6.92 Å². The van der Waals surface area contributed by atoms with E-state index in [1.165, 1.54) is 6.33 Å². The van der Waals surface area contributed by atoms with E-state index in [2.05, 4.69) is 9.97 Å². The summed E-state index contributed by atoms with van der Waals surface area (Å²) in [7, 11) is 0. The van der Waals surface area contributed by atoms with Gasteiger partial charge < -0.3 is 10.5 Å². The molecule has 0 radical (unpaired) electrons. The molecule has 0 fully saturated rings. The van der Waals surface area contributed by atoms with E-state index < -0.39 is 0 Å². The second-order valence-corrected chi connectivity index (χ2v) is 4.18. The van der Waals surface area contributed by atoms with E-state index in [4.69, 9.17) is 33.7 Å². The minimum Gasteiger partial charge on any atom is -0.435 e. The van der Waals surface area contributed by atoms with Crippen LogP contribution in [0.1, 0.15) is 5.56 Å². The molecule has 2 aromatic rings. The molecule has 4 nitrogen and oxygen atoms in total. The van der Waals surface area contributed by atoms with Crippen molar-refractivity contribution in [3.05, 3.63) is 40.3 Å². The van der Waals surface area contributed by atoms with Gasteiger partial charge in [-0.05, 0) is 24.6 Å². The third-order valence-electron chi connectivity index (χ3n) is 2.09. The predicted molar refractivity (Wildman–Crippen MR) is 67.7 cm³/mol. The Bertz CT molecular complexity index is 560. The van der Waals surface area contributed by atoms with Gasteiger partial charge in [0.25, 0.3) is 0 Å². The second kappa shape index (κ2) is 4.77. The molecule has 0 amide bonds. The molecule has 0 atom stereocenters. The fourth-order valence-electron chi connectivity index (χ4n) is 1.23. The quantitative estimate of drug-likeness (QED) is 0.849. The maximum absolute atomic E-state index is 6.03. The molecule has 2 rings (SSSR count). The number of nitrogens with two attached hydrogens (primary N) is 1. The highest BCUT2D eigenvalue weighted by Crippen LogP contribution is 2.33. The SMILES string of the molecule is Cc1ccc(Oc2ncnc(Cl)c2N)c(Cl)c1. The van der Waals surface area contributed by atoms with E-state index in [1.807, 2.05) is 13.0 Å². The van der Waals surface area contributed by atoms with Crippen molar-refractivity contribution in [2.45, 2.75) is 6.92 Å². The smallest absolute Gasteiger partial charge is 0.247 e. The first-order chi connectivity index (χ1) is 8.08. The van der Waals surface area contributed by atoms with E-state index >= 15 is 0 Å². The summed E-state index contributed by atoms with van der Waals surface area (Å²) in [6.45, 7) is 1.94. The lowest BCUT2D eigenvalue weighted by Gasteiger charge is -2.09. The maximum atomic E-state index is 6.03. The summed E-state index contributed by atoms with van der Waals surface area (Å²) in [5.41, 5.74) is 6.91. The fraction of sp³-hybridized carbons (Fsp3) is 0.0909. The molecule has 0 bridgehead atoms. The number of nitrogen functional groups attached to an aromatic ring is 1. The van der Waals surface area contributed by atoms with Crippen LogP contribution in [0.15, 0.2) is 24.5 Å². The van der Waals surface area contributed by atoms with Gasteiger partial charge in [-0.1, -0.05) is 29.3 Å². The zero-order valence-corrected chi connectivity index (χ0v) is 10.5. The lowest BCUT2D eigenvalue weighted by atomic mass is 10.2. The number of ether oxygens (including phenoxy) is 1. The van der Waals surface area contributed by atoms with Crippen LogP contribution in [-0.2, 0) is 0 Å². The van der Waals surface area contributed by atoms with Crippen LogP contribution in [-0.4, -0.2) is 9.97 Å². The molecule has 0 aliphatic rings. The number of rotatable bonds is 2. The summed E-state index contributed by atoms with van der Waals surface area (Å²) < 4.78 is 5.48. The summed E-state index contributed by atoms with van der Waals surface area (Å²) in [6, 6.07) is 5.41. The first kappa shape index (κ1) is 12.0. The average Bonchev–Trinajstić information content (AvgIpc) is 2.28. The topological polar surface area (TPSA) is 61.0 Å². The van der Waals surface area contributed by atoms with Crippen molar-refractivity contribution in [2.24, 2.45) is 0 Å². The molecule has 88 valence electrons. The zero-order chi connectivity index (χ0) is 12.4. The van der Waals surface area contributed by atoms with Crippen LogP contribution >= 0.6 is 23.2 Å². The summed E-state index contributed by atoms with van der Waals surface area (Å²) in [5.74, 6) is 0.662. The molecule has 0 saturated carbocycles. The van der Waals surface area contributed by atoms with Gasteiger partial charge in [0.05, 0.1) is 5.02 Å². The van der Waals surface area contributed by atoms with Gasteiger partial charge in [0, 0.05) is 0 Å². The van der Waals surface area contributed by atoms with E-state index in [0.29, 0.717) is 10.8 Å². The van der Waals surface area contributed by atoms with Gasteiger partial charge in [-0.2, -0.15) is 4.98 Å². The number of aryl methyl sites for hydroxylation is 1. The summed E-state index contributed by atoms with van der Waals surface area (Å²) >= 11 is 11.8. The van der Waals surface area contributed by atoms with Crippen LogP contribution in [0.4, 0.5) is 5.69 Å². The molecule has 17 heavy (non-hydrogen) atoms. The van der Waals surface area contributed by atoms with Gasteiger partial charge in [-0.15, -0.1) is 0 Å². The minimum atomic E-state index is 0.151. The van der Waals surface area contributed by atoms with Crippen LogP contribution in [0.3, 0.4) is 0 Å². The van der Waals surface area contributed by atoms with E-state index in [-0.39, 0.29) is 16.7 Å². The Morgan fingerprint density at radius 2 is 2.00 bits per heavy atom. The van der Waals surface area contributed by atoms with Crippen LogP contribution in [0.2, 0.25) is 10.2 Å². The third-order valence-corrected chi connectivity index (χ3v) is 2.69. The molecular formula is C11H9Cl2N3O. The van der Waals surface area contributed by atoms with Gasteiger partial charge in [0.15, 0.2) is 5.15 Å². The maximum Gasteiger partial charge on any atom is 0.247 e. The molecule has 1 heterocycles. The van der Waals surface area contributed by atoms with Crippen molar-refractivity contribution in [3.63, 3.8) is 0 Å². The molecule has 2 N–H and O–H groups in total. The Morgan fingerprint density at radius 1 is 1.24 bits per heavy atom. The second-order valence-electron chi connectivity index (χ2n) is 3.42. The normalized spacial score (nSPS) is 10.3. The van der Waals surface area contributed by atoms with E-state index in [0.717, 1.165) is 5.56 Å². The first-order valence-corrected chi connectivity index (χ1v) is 5.53. The van der Waals surface area contributed by atoms with Crippen molar-refractivity contribution < 1.29 is 4.74 Å². The summed E-state index contributed by atoms with van der Waals surface area (Å²) in [4.78, 5) is 7.63. The summed E-state index contributed by atoms with van der Waals surface area (Å²) in [6.07, 6.45) is 1.27. The van der Waals surface area contributed by atoms with Crippen molar-refractivity contribution in [1.82, 2.24) is 9.97 Å². The number of hydrogen-bond donors (Lipinski definition) is 1. The molecule has 0 saturated heterocycles. The molecule has 0 aliphatic heterocycles. The van der Waals surface area contributed by atoms with Gasteiger partial charge in [0.1, 0.15) is 17.8 Å². The number of hydrogen-bond acceptors (Lipinski definition) is 4. The highest BCUT2D eigenvalue weighted by molar-refractivity contribution is 6.32. The number of benzene rings is 1. The Labute approximate surface area is 108 Å². The van der Waals surface area contributed by atoms with Crippen molar-refractivity contribution >= 4 is 28.9 Å². The van der Waals surface area contributed by atoms with Crippen molar-refractivity contribution in [2.75, 3.05) is 5.73 Å². The average molecular weight is 270 g/mol. The molecule has 6 heteroatoms. The molecule has 0 aliphatic carbocycles. The van der Waals surface area contributed by atoms with Crippen molar-refractivity contribution in [1.29, 1.82) is 0 Å². The highest BCUT2D eigenvalue weighted by atomic mass is 35.5. The van der Waals surface area contributed by atoms with Gasteiger partial charge in [0.2, 0.25) is 5.88 Å². The highest BCUT2D eigenvalue weighted by Gasteiger charge is 2.10. The molecule has 0 unspecified atom stereocenters. The van der Waals surface area contributed by atoms with Crippen LogP contribution in [0.5, 0.6) is 11.6 Å². The van der Waals surface area contributed by atoms with Gasteiger partial charge in [-0.25, -0.2) is 4.98 Å². The van der Waals surface area contributed by atoms with Gasteiger partial charge >= 0.3 is 0 Å². The standard InChI is InChI=1S/C11H9Cl2N3O/c1-6-2-3-8(7(12)4-6)17-11-9(14)10(13)15-5-16-11/h2-5H,14H2,1H3. The number of halogens is 2. The van der Waals surface area contributed by atoms with E-state index in [9.17, 15) is 0 Å². The van der Waals surface area contributed by atoms with Gasteiger partial charge in [-0.3, -0.25) is 0 Å². The Morgan fingerprint density at radius 3 is 2.71 bits per heavy atom. The third kappa shape index (κ3) is 2.60. The predicted octanol–water partition coefficient (Wildman–Crippen LogP) is 3.47. The molecule has 1 aromatic heterocycles. The largest absolute Gasteiger partial charge is 0.435 e. The number of aromatic nitrogens is 2.